The molecule has 0 heterocycles. The minimum absolute atomic E-state index is 0.335. The van der Waals surface area contributed by atoms with E-state index in [4.69, 9.17) is 21.1 Å². The smallest absolute Gasteiger partial charge is 0.347 e. The van der Waals surface area contributed by atoms with Crippen molar-refractivity contribution in [2.45, 2.75) is 46.4 Å². The number of carbonyl (C=O) groups excluding carboxylic acids is 1. The molecule has 0 aliphatic heterocycles. The molecule has 1 aromatic carbocycles. The molecule has 1 atom stereocenters. The van der Waals surface area contributed by atoms with Crippen molar-refractivity contribution < 1.29 is 14.3 Å². The first-order valence-corrected chi connectivity index (χ1v) is 7.17. The molecule has 112 valence electrons. The van der Waals surface area contributed by atoms with Gasteiger partial charge in [0.25, 0.3) is 0 Å². The predicted molar refractivity (Wildman–Crippen MR) is 80.2 cm³/mol. The highest BCUT2D eigenvalue weighted by Crippen LogP contribution is 2.27. The molecule has 0 amide bonds. The minimum atomic E-state index is -0.661. The number of hydrogen-bond donors (Lipinski definition) is 1. The van der Waals surface area contributed by atoms with E-state index in [2.05, 4.69) is 19.2 Å². The van der Waals surface area contributed by atoms with E-state index in [0.29, 0.717) is 30.0 Å². The number of esters is 1. The summed E-state index contributed by atoms with van der Waals surface area (Å²) in [5.74, 6) is 0.224. The van der Waals surface area contributed by atoms with Crippen LogP contribution in [0.25, 0.3) is 0 Å². The first-order chi connectivity index (χ1) is 9.45. The molecule has 0 aliphatic rings. The molecule has 0 aliphatic carbocycles. The molecule has 0 fully saturated rings. The van der Waals surface area contributed by atoms with Crippen molar-refractivity contribution in [3.63, 3.8) is 0 Å². The number of carbonyl (C=O) groups is 1. The van der Waals surface area contributed by atoms with Gasteiger partial charge in [-0.15, -0.1) is 0 Å². The van der Waals surface area contributed by atoms with Gasteiger partial charge < -0.3 is 14.8 Å². The Labute approximate surface area is 125 Å². The van der Waals surface area contributed by atoms with Crippen LogP contribution in [0.4, 0.5) is 0 Å². The lowest BCUT2D eigenvalue weighted by molar-refractivity contribution is -0.150. The Morgan fingerprint density at radius 3 is 2.65 bits per heavy atom. The first-order valence-electron chi connectivity index (χ1n) is 6.79. The summed E-state index contributed by atoms with van der Waals surface area (Å²) in [7, 11) is 0. The highest BCUT2D eigenvalue weighted by Gasteiger charge is 2.18. The van der Waals surface area contributed by atoms with Gasteiger partial charge in [-0.2, -0.15) is 0 Å². The minimum Gasteiger partial charge on any atom is -0.479 e. The lowest BCUT2D eigenvalue weighted by atomic mass is 10.2. The number of halogens is 1. The van der Waals surface area contributed by atoms with Crippen LogP contribution < -0.4 is 10.1 Å². The maximum absolute atomic E-state index is 11.6. The van der Waals surface area contributed by atoms with Crippen LogP contribution in [0.5, 0.6) is 5.75 Å². The van der Waals surface area contributed by atoms with Crippen molar-refractivity contribution in [1.82, 2.24) is 5.32 Å². The molecule has 0 bridgehead atoms. The SMILES string of the molecule is CCOC(=O)C(C)Oc1cccc(Cl)c1CNC(C)C. The highest BCUT2D eigenvalue weighted by atomic mass is 35.5. The van der Waals surface area contributed by atoms with Gasteiger partial charge in [0.15, 0.2) is 6.10 Å². The molecule has 0 radical (unpaired) electrons. The van der Waals surface area contributed by atoms with Crippen molar-refractivity contribution >= 4 is 17.6 Å². The molecule has 5 heteroatoms. The first kappa shape index (κ1) is 16.8. The van der Waals surface area contributed by atoms with Gasteiger partial charge >= 0.3 is 5.97 Å². The van der Waals surface area contributed by atoms with Crippen LogP contribution in [-0.4, -0.2) is 24.7 Å². The second-order valence-electron chi connectivity index (χ2n) is 4.76. The fourth-order valence-electron chi connectivity index (χ4n) is 1.63. The third-order valence-corrected chi connectivity index (χ3v) is 3.04. The molecular weight excluding hydrogens is 278 g/mol. The van der Waals surface area contributed by atoms with Gasteiger partial charge in [0.1, 0.15) is 5.75 Å². The summed E-state index contributed by atoms with van der Waals surface area (Å²) < 4.78 is 10.6. The Bertz CT molecular complexity index is 449. The van der Waals surface area contributed by atoms with E-state index < -0.39 is 6.10 Å². The molecule has 1 unspecified atom stereocenters. The number of ether oxygens (including phenoxy) is 2. The normalized spacial score (nSPS) is 12.3. The predicted octanol–water partition coefficient (Wildman–Crippen LogP) is 3.17. The molecule has 0 spiro atoms. The molecular formula is C15H22ClNO3. The number of nitrogens with one attached hydrogen (secondary N) is 1. The quantitative estimate of drug-likeness (QED) is 0.786. The lowest BCUT2D eigenvalue weighted by Gasteiger charge is -2.18. The van der Waals surface area contributed by atoms with Crippen molar-refractivity contribution in [3.8, 4) is 5.75 Å². The third kappa shape index (κ3) is 5.02. The Hall–Kier alpha value is -1.26. The monoisotopic (exact) mass is 299 g/mol. The Morgan fingerprint density at radius 2 is 2.05 bits per heavy atom. The van der Waals surface area contributed by atoms with Crippen LogP contribution in [-0.2, 0) is 16.1 Å². The Balaban J connectivity index is 2.83. The van der Waals surface area contributed by atoms with E-state index in [1.807, 2.05) is 0 Å². The Kier molecular flexibility index (Phi) is 6.82. The zero-order chi connectivity index (χ0) is 15.1. The summed E-state index contributed by atoms with van der Waals surface area (Å²) in [4.78, 5) is 11.6. The molecule has 1 aromatic rings. The zero-order valence-corrected chi connectivity index (χ0v) is 13.2. The van der Waals surface area contributed by atoms with Crippen LogP contribution in [0.1, 0.15) is 33.3 Å². The standard InChI is InChI=1S/C15H22ClNO3/c1-5-19-15(18)11(4)20-14-8-6-7-13(16)12(14)9-17-10(2)3/h6-8,10-11,17H,5,9H2,1-4H3. The summed E-state index contributed by atoms with van der Waals surface area (Å²) in [6.45, 7) is 8.46. The van der Waals surface area contributed by atoms with Crippen LogP contribution in [0.2, 0.25) is 5.02 Å². The van der Waals surface area contributed by atoms with Crippen molar-refractivity contribution in [3.05, 3.63) is 28.8 Å². The van der Waals surface area contributed by atoms with Gasteiger partial charge in [0.2, 0.25) is 0 Å². The molecule has 0 saturated heterocycles. The number of rotatable bonds is 7. The highest BCUT2D eigenvalue weighted by molar-refractivity contribution is 6.31. The summed E-state index contributed by atoms with van der Waals surface area (Å²) in [6.07, 6.45) is -0.661. The summed E-state index contributed by atoms with van der Waals surface area (Å²) in [5, 5.41) is 3.91. The van der Waals surface area contributed by atoms with Crippen molar-refractivity contribution in [1.29, 1.82) is 0 Å². The maximum Gasteiger partial charge on any atom is 0.347 e. The average Bonchev–Trinajstić information content (AvgIpc) is 2.38. The molecule has 0 aromatic heterocycles. The van der Waals surface area contributed by atoms with E-state index in [0.717, 1.165) is 5.56 Å². The van der Waals surface area contributed by atoms with Gasteiger partial charge in [0, 0.05) is 23.2 Å². The van der Waals surface area contributed by atoms with Crippen LogP contribution in [0.3, 0.4) is 0 Å². The molecule has 20 heavy (non-hydrogen) atoms. The van der Waals surface area contributed by atoms with Gasteiger partial charge in [-0.05, 0) is 26.0 Å². The lowest BCUT2D eigenvalue weighted by Crippen LogP contribution is -2.27. The van der Waals surface area contributed by atoms with E-state index in [1.165, 1.54) is 0 Å². The van der Waals surface area contributed by atoms with Crippen LogP contribution in [0, 0.1) is 0 Å². The van der Waals surface area contributed by atoms with Crippen molar-refractivity contribution in [2.24, 2.45) is 0 Å². The second-order valence-corrected chi connectivity index (χ2v) is 5.17. The molecule has 4 nitrogen and oxygen atoms in total. The van der Waals surface area contributed by atoms with Crippen LogP contribution >= 0.6 is 11.6 Å². The summed E-state index contributed by atoms with van der Waals surface area (Å²) in [6, 6.07) is 5.75. The fourth-order valence-corrected chi connectivity index (χ4v) is 1.86. The molecule has 1 N–H and O–H groups in total. The molecule has 0 saturated carbocycles. The van der Waals surface area contributed by atoms with E-state index in [1.54, 1.807) is 32.0 Å². The van der Waals surface area contributed by atoms with E-state index in [-0.39, 0.29) is 5.97 Å². The maximum atomic E-state index is 11.6. The van der Waals surface area contributed by atoms with Gasteiger partial charge in [-0.25, -0.2) is 4.79 Å². The number of hydrogen-bond acceptors (Lipinski definition) is 4. The van der Waals surface area contributed by atoms with E-state index in [9.17, 15) is 4.79 Å². The molecule has 1 rings (SSSR count). The zero-order valence-electron chi connectivity index (χ0n) is 12.4. The largest absolute Gasteiger partial charge is 0.479 e. The number of benzene rings is 1. The fraction of sp³-hybridized carbons (Fsp3) is 0.533. The van der Waals surface area contributed by atoms with Gasteiger partial charge in [-0.1, -0.05) is 31.5 Å². The van der Waals surface area contributed by atoms with E-state index >= 15 is 0 Å². The topological polar surface area (TPSA) is 47.6 Å². The van der Waals surface area contributed by atoms with Crippen molar-refractivity contribution in [2.75, 3.05) is 6.61 Å². The second kappa shape index (κ2) is 8.12. The summed E-state index contributed by atoms with van der Waals surface area (Å²) >= 11 is 6.20. The summed E-state index contributed by atoms with van der Waals surface area (Å²) in [5.41, 5.74) is 0.846. The average molecular weight is 300 g/mol. The third-order valence-electron chi connectivity index (χ3n) is 2.69. The van der Waals surface area contributed by atoms with Crippen LogP contribution in [0.15, 0.2) is 18.2 Å². The van der Waals surface area contributed by atoms with Gasteiger partial charge in [-0.3, -0.25) is 0 Å². The van der Waals surface area contributed by atoms with Gasteiger partial charge in [0.05, 0.1) is 6.61 Å². The Morgan fingerprint density at radius 1 is 1.35 bits per heavy atom.